The molecule has 0 saturated carbocycles. The Morgan fingerprint density at radius 2 is 1.51 bits per heavy atom. The van der Waals surface area contributed by atoms with Gasteiger partial charge in [-0.1, -0.05) is 80.6 Å². The monoisotopic (exact) mass is 597 g/mol. The normalized spacial score (nSPS) is 13.9. The predicted octanol–water partition coefficient (Wildman–Crippen LogP) is 8.82. The van der Waals surface area contributed by atoms with E-state index in [-0.39, 0.29) is 17.9 Å². The van der Waals surface area contributed by atoms with Crippen LogP contribution in [0.1, 0.15) is 94.2 Å². The molecule has 45 heavy (non-hydrogen) atoms. The molecule has 1 N–H and O–H groups in total. The van der Waals surface area contributed by atoms with Gasteiger partial charge in [-0.15, -0.1) is 0 Å². The topological polar surface area (TPSA) is 54.3 Å². The number of rotatable bonds is 8. The van der Waals surface area contributed by atoms with Crippen molar-refractivity contribution in [2.75, 3.05) is 13.1 Å². The van der Waals surface area contributed by atoms with Crippen molar-refractivity contribution in [1.29, 1.82) is 0 Å². The van der Waals surface area contributed by atoms with Gasteiger partial charge in [-0.2, -0.15) is 0 Å². The number of carbonyl (C=O) groups excluding carboxylic acids is 2. The summed E-state index contributed by atoms with van der Waals surface area (Å²) in [6.07, 6.45) is 2.16. The molecule has 1 aromatic heterocycles. The molecule has 230 valence electrons. The fourth-order valence-corrected chi connectivity index (χ4v) is 6.53. The summed E-state index contributed by atoms with van der Waals surface area (Å²) in [7, 11) is 0. The number of hydrogen-bond donors (Lipinski definition) is 1. The van der Waals surface area contributed by atoms with Gasteiger partial charge in [0, 0.05) is 47.4 Å². The van der Waals surface area contributed by atoms with Gasteiger partial charge in [0.15, 0.2) is 0 Å². The lowest BCUT2D eigenvalue weighted by molar-refractivity contribution is 0.0793. The van der Waals surface area contributed by atoms with Gasteiger partial charge in [0.05, 0.1) is 6.04 Å². The van der Waals surface area contributed by atoms with E-state index in [1.54, 1.807) is 0 Å². The van der Waals surface area contributed by atoms with Crippen LogP contribution in [0.25, 0.3) is 22.0 Å². The van der Waals surface area contributed by atoms with Gasteiger partial charge in [0.1, 0.15) is 0 Å². The molecule has 4 aromatic carbocycles. The van der Waals surface area contributed by atoms with Crippen molar-refractivity contribution in [1.82, 2.24) is 14.8 Å². The van der Waals surface area contributed by atoms with Gasteiger partial charge < -0.3 is 14.8 Å². The first kappa shape index (κ1) is 30.4. The molecule has 0 unspecified atom stereocenters. The lowest BCUT2D eigenvalue weighted by Gasteiger charge is -2.18. The maximum absolute atomic E-state index is 13.3. The molecular weight excluding hydrogens is 554 g/mol. The molecule has 0 bridgehead atoms. The van der Waals surface area contributed by atoms with Crippen LogP contribution >= 0.6 is 0 Å². The largest absolute Gasteiger partial charge is 0.346 e. The van der Waals surface area contributed by atoms with Gasteiger partial charge in [-0.3, -0.25) is 9.59 Å². The molecule has 0 spiro atoms. The summed E-state index contributed by atoms with van der Waals surface area (Å²) >= 11 is 0. The van der Waals surface area contributed by atoms with Crippen LogP contribution in [0.3, 0.4) is 0 Å². The molecule has 2 heterocycles. The Labute approximate surface area is 266 Å². The molecule has 5 aromatic rings. The third kappa shape index (κ3) is 6.17. The number of benzene rings is 4. The van der Waals surface area contributed by atoms with Crippen LogP contribution < -0.4 is 5.32 Å². The summed E-state index contributed by atoms with van der Waals surface area (Å²) in [6, 6.07) is 30.9. The first-order valence-corrected chi connectivity index (χ1v) is 16.2. The molecule has 2 amide bonds. The van der Waals surface area contributed by atoms with E-state index in [1.807, 2.05) is 48.2 Å². The van der Waals surface area contributed by atoms with Crippen molar-refractivity contribution < 1.29 is 9.59 Å². The van der Waals surface area contributed by atoms with Crippen LogP contribution in [0.4, 0.5) is 0 Å². The summed E-state index contributed by atoms with van der Waals surface area (Å²) < 4.78 is 2.33. The standard InChI is InChI=1S/C40H43N3O2/c1-26(2)32-11-10-12-33(23-32)28(4)41-39(44)34-19-20-38-37(24-34)27(3)29(5)43(38)25-30-15-17-31(18-16-30)35-13-6-7-14-36(35)40(45)42-21-8-9-22-42/h6-7,10-20,23-24,26,28H,8-9,21-22,25H2,1-5H3,(H,41,44)/t28-/m0/s1. The molecular formula is C40H43N3O2. The number of aromatic nitrogens is 1. The first-order chi connectivity index (χ1) is 21.7. The van der Waals surface area contributed by atoms with Crippen LogP contribution in [0.5, 0.6) is 0 Å². The number of nitrogens with zero attached hydrogens (tertiary/aromatic N) is 2. The maximum atomic E-state index is 13.3. The highest BCUT2D eigenvalue weighted by Crippen LogP contribution is 2.30. The molecule has 0 aliphatic carbocycles. The number of nitrogens with one attached hydrogen (secondary N) is 1. The van der Waals surface area contributed by atoms with Gasteiger partial charge in [-0.25, -0.2) is 0 Å². The van der Waals surface area contributed by atoms with Crippen LogP contribution in [-0.2, 0) is 6.54 Å². The molecule has 1 atom stereocenters. The molecule has 1 saturated heterocycles. The van der Waals surface area contributed by atoms with Crippen molar-refractivity contribution in [3.8, 4) is 11.1 Å². The van der Waals surface area contributed by atoms with Gasteiger partial charge >= 0.3 is 0 Å². The second-order valence-electron chi connectivity index (χ2n) is 12.8. The van der Waals surface area contributed by atoms with Gasteiger partial charge in [0.2, 0.25) is 0 Å². The van der Waals surface area contributed by atoms with E-state index in [1.165, 1.54) is 22.4 Å². The zero-order valence-electron chi connectivity index (χ0n) is 27.1. The maximum Gasteiger partial charge on any atom is 0.254 e. The second kappa shape index (κ2) is 12.8. The van der Waals surface area contributed by atoms with E-state index in [9.17, 15) is 9.59 Å². The van der Waals surface area contributed by atoms with E-state index in [4.69, 9.17) is 0 Å². The summed E-state index contributed by atoms with van der Waals surface area (Å²) in [5.41, 5.74) is 10.5. The van der Waals surface area contributed by atoms with E-state index in [0.717, 1.165) is 65.6 Å². The molecule has 6 rings (SSSR count). The lowest BCUT2D eigenvalue weighted by atomic mass is 9.98. The quantitative estimate of drug-likeness (QED) is 0.194. The average Bonchev–Trinajstić information content (AvgIpc) is 3.68. The fourth-order valence-electron chi connectivity index (χ4n) is 6.53. The van der Waals surface area contributed by atoms with E-state index in [2.05, 4.69) is 92.2 Å². The van der Waals surface area contributed by atoms with Crippen molar-refractivity contribution in [2.24, 2.45) is 0 Å². The van der Waals surface area contributed by atoms with Gasteiger partial charge in [0.25, 0.3) is 11.8 Å². The molecule has 1 fully saturated rings. The fraction of sp³-hybridized carbons (Fsp3) is 0.300. The van der Waals surface area contributed by atoms with Crippen molar-refractivity contribution in [3.05, 3.63) is 130 Å². The molecule has 5 heteroatoms. The molecule has 1 aliphatic heterocycles. The Kier molecular flexibility index (Phi) is 8.62. The minimum Gasteiger partial charge on any atom is -0.346 e. The van der Waals surface area contributed by atoms with Crippen LogP contribution in [0.2, 0.25) is 0 Å². The second-order valence-corrected chi connectivity index (χ2v) is 12.8. The van der Waals surface area contributed by atoms with Gasteiger partial charge in [-0.05, 0) is 97.2 Å². The summed E-state index contributed by atoms with van der Waals surface area (Å²) in [5.74, 6) is 0.499. The number of amides is 2. The third-order valence-electron chi connectivity index (χ3n) is 9.48. The summed E-state index contributed by atoms with van der Waals surface area (Å²) in [6.45, 7) is 13.1. The summed E-state index contributed by atoms with van der Waals surface area (Å²) in [5, 5.41) is 4.30. The van der Waals surface area contributed by atoms with E-state index >= 15 is 0 Å². The Balaban J connectivity index is 1.21. The number of likely N-dealkylation sites (tertiary alicyclic amines) is 1. The van der Waals surface area contributed by atoms with Crippen molar-refractivity contribution in [3.63, 3.8) is 0 Å². The molecule has 0 radical (unpaired) electrons. The Morgan fingerprint density at radius 3 is 2.24 bits per heavy atom. The van der Waals surface area contributed by atoms with E-state index in [0.29, 0.717) is 11.5 Å². The Morgan fingerprint density at radius 1 is 0.800 bits per heavy atom. The van der Waals surface area contributed by atoms with Crippen LogP contribution in [0, 0.1) is 13.8 Å². The number of aryl methyl sites for hydroxylation is 1. The minimum atomic E-state index is -0.0902. The number of hydrogen-bond acceptors (Lipinski definition) is 2. The smallest absolute Gasteiger partial charge is 0.254 e. The highest BCUT2D eigenvalue weighted by molar-refractivity contribution is 6.01. The Bertz CT molecular complexity index is 1860. The van der Waals surface area contributed by atoms with Crippen LogP contribution in [0.15, 0.2) is 91.0 Å². The zero-order valence-corrected chi connectivity index (χ0v) is 27.1. The number of carbonyl (C=O) groups is 2. The SMILES string of the molecule is Cc1c(C)n(Cc2ccc(-c3ccccc3C(=O)N3CCCC3)cc2)c2ccc(C(=O)N[C@@H](C)c3cccc(C(C)C)c3)cc12. The first-order valence-electron chi connectivity index (χ1n) is 16.2. The van der Waals surface area contributed by atoms with Crippen molar-refractivity contribution in [2.45, 2.75) is 66.0 Å². The highest BCUT2D eigenvalue weighted by atomic mass is 16.2. The van der Waals surface area contributed by atoms with Crippen molar-refractivity contribution >= 4 is 22.7 Å². The van der Waals surface area contributed by atoms with E-state index < -0.39 is 0 Å². The number of fused-ring (bicyclic) bond motifs is 1. The average molecular weight is 598 g/mol. The van der Waals surface area contributed by atoms with Crippen LogP contribution in [-0.4, -0.2) is 34.4 Å². The minimum absolute atomic E-state index is 0.0664. The zero-order chi connectivity index (χ0) is 31.7. The predicted molar refractivity (Wildman–Crippen MR) is 184 cm³/mol. The highest BCUT2D eigenvalue weighted by Gasteiger charge is 2.22. The molecule has 1 aliphatic rings. The Hall–Kier alpha value is -4.64. The summed E-state index contributed by atoms with van der Waals surface area (Å²) in [4.78, 5) is 28.5. The molecule has 5 nitrogen and oxygen atoms in total. The third-order valence-corrected chi connectivity index (χ3v) is 9.48. The lowest BCUT2D eigenvalue weighted by Crippen LogP contribution is -2.28.